The molecule has 7 nitrogen and oxygen atoms in total. The molecule has 28 heavy (non-hydrogen) atoms. The summed E-state index contributed by atoms with van der Waals surface area (Å²) in [6.45, 7) is -0.602. The molecule has 2 aromatic rings. The van der Waals surface area contributed by atoms with Gasteiger partial charge in [0.05, 0.1) is 11.4 Å². The molecule has 0 saturated carbocycles. The van der Waals surface area contributed by atoms with Gasteiger partial charge in [0, 0.05) is 14.1 Å². The van der Waals surface area contributed by atoms with Crippen LogP contribution in [0.25, 0.3) is 0 Å². The molecule has 0 radical (unpaired) electrons. The molecular formula is C18H19F2N3O4S. The van der Waals surface area contributed by atoms with Gasteiger partial charge >= 0.3 is 0 Å². The highest BCUT2D eigenvalue weighted by atomic mass is 32.2. The Kier molecular flexibility index (Phi) is 6.47. The number of nitrogens with two attached hydrogens (primary N) is 1. The lowest BCUT2D eigenvalue weighted by atomic mass is 10.0. The summed E-state index contributed by atoms with van der Waals surface area (Å²) in [5.74, 6) is -2.84. The van der Waals surface area contributed by atoms with Crippen molar-refractivity contribution < 1.29 is 26.8 Å². The third kappa shape index (κ3) is 4.70. The second-order valence-corrected chi connectivity index (χ2v) is 8.12. The SMILES string of the molecule is CN(C(=O)CN(C)S(=O)(=O)c1ccc(F)cc1)C(C(N)=O)c1cccc(F)c1. The first-order valence-corrected chi connectivity index (χ1v) is 9.50. The number of likely N-dealkylation sites (N-methyl/N-ethyl adjacent to an activating group) is 2. The van der Waals surface area contributed by atoms with Crippen molar-refractivity contribution in [1.82, 2.24) is 9.21 Å². The Balaban J connectivity index is 2.21. The van der Waals surface area contributed by atoms with Crippen LogP contribution in [-0.2, 0) is 19.6 Å². The van der Waals surface area contributed by atoms with Crippen LogP contribution in [0.1, 0.15) is 11.6 Å². The van der Waals surface area contributed by atoms with E-state index in [0.717, 1.165) is 39.5 Å². The van der Waals surface area contributed by atoms with Gasteiger partial charge in [-0.1, -0.05) is 12.1 Å². The molecule has 0 aliphatic rings. The summed E-state index contributed by atoms with van der Waals surface area (Å²) in [4.78, 5) is 25.1. The van der Waals surface area contributed by atoms with Gasteiger partial charge in [-0.05, 0) is 42.0 Å². The summed E-state index contributed by atoms with van der Waals surface area (Å²) in [5.41, 5.74) is 5.52. The Labute approximate surface area is 161 Å². The van der Waals surface area contributed by atoms with Gasteiger partial charge in [0.1, 0.15) is 17.7 Å². The Morgan fingerprint density at radius 2 is 1.64 bits per heavy atom. The van der Waals surface area contributed by atoms with Crippen LogP contribution in [-0.4, -0.2) is 50.1 Å². The van der Waals surface area contributed by atoms with Gasteiger partial charge < -0.3 is 10.6 Å². The topological polar surface area (TPSA) is 101 Å². The van der Waals surface area contributed by atoms with Crippen molar-refractivity contribution in [2.75, 3.05) is 20.6 Å². The highest BCUT2D eigenvalue weighted by Crippen LogP contribution is 2.21. The lowest BCUT2D eigenvalue weighted by Crippen LogP contribution is -2.44. The summed E-state index contributed by atoms with van der Waals surface area (Å²) < 4.78 is 52.3. The molecule has 0 heterocycles. The molecule has 0 fully saturated rings. The van der Waals surface area contributed by atoms with E-state index < -0.39 is 46.1 Å². The Morgan fingerprint density at radius 1 is 1.04 bits per heavy atom. The number of sulfonamides is 1. The quantitative estimate of drug-likeness (QED) is 0.741. The summed E-state index contributed by atoms with van der Waals surface area (Å²) in [6, 6.07) is 7.90. The van der Waals surface area contributed by atoms with Crippen LogP contribution in [0, 0.1) is 11.6 Å². The normalized spacial score (nSPS) is 12.6. The van der Waals surface area contributed by atoms with E-state index in [1.807, 2.05) is 0 Å². The molecule has 0 aromatic heterocycles. The lowest BCUT2D eigenvalue weighted by molar-refractivity contribution is -0.138. The fraction of sp³-hybridized carbons (Fsp3) is 0.222. The fourth-order valence-corrected chi connectivity index (χ4v) is 3.69. The highest BCUT2D eigenvalue weighted by molar-refractivity contribution is 7.89. The smallest absolute Gasteiger partial charge is 0.244 e. The van der Waals surface area contributed by atoms with Gasteiger partial charge in [-0.15, -0.1) is 0 Å². The number of hydrogen-bond acceptors (Lipinski definition) is 4. The van der Waals surface area contributed by atoms with E-state index in [1.54, 1.807) is 0 Å². The van der Waals surface area contributed by atoms with Gasteiger partial charge in [-0.2, -0.15) is 4.31 Å². The zero-order valence-electron chi connectivity index (χ0n) is 15.2. The largest absolute Gasteiger partial charge is 0.368 e. The molecule has 0 bridgehead atoms. The Morgan fingerprint density at radius 3 is 2.18 bits per heavy atom. The van der Waals surface area contributed by atoms with Gasteiger partial charge in [0.15, 0.2) is 0 Å². The number of primary amides is 1. The van der Waals surface area contributed by atoms with Crippen molar-refractivity contribution in [2.45, 2.75) is 10.9 Å². The van der Waals surface area contributed by atoms with Gasteiger partial charge in [-0.25, -0.2) is 17.2 Å². The fourth-order valence-electron chi connectivity index (χ4n) is 2.57. The lowest BCUT2D eigenvalue weighted by Gasteiger charge is -2.28. The number of halogens is 2. The zero-order valence-corrected chi connectivity index (χ0v) is 16.0. The molecule has 0 saturated heterocycles. The van der Waals surface area contributed by atoms with Gasteiger partial charge in [0.2, 0.25) is 21.8 Å². The predicted octanol–water partition coefficient (Wildman–Crippen LogP) is 1.27. The average Bonchev–Trinajstić information content (AvgIpc) is 2.61. The number of benzene rings is 2. The number of rotatable bonds is 7. The van der Waals surface area contributed by atoms with Crippen molar-refractivity contribution >= 4 is 21.8 Å². The second kappa shape index (κ2) is 8.44. The van der Waals surface area contributed by atoms with E-state index in [9.17, 15) is 26.8 Å². The first-order valence-electron chi connectivity index (χ1n) is 8.06. The molecule has 1 atom stereocenters. The molecular weight excluding hydrogens is 392 g/mol. The molecule has 1 unspecified atom stereocenters. The van der Waals surface area contributed by atoms with Crippen molar-refractivity contribution in [2.24, 2.45) is 5.73 Å². The molecule has 10 heteroatoms. The maximum absolute atomic E-state index is 13.5. The molecule has 0 aliphatic heterocycles. The highest BCUT2D eigenvalue weighted by Gasteiger charge is 2.30. The minimum atomic E-state index is -4.06. The zero-order chi connectivity index (χ0) is 21.1. The molecule has 2 rings (SSSR count). The van der Waals surface area contributed by atoms with Crippen molar-refractivity contribution in [3.8, 4) is 0 Å². The van der Waals surface area contributed by atoms with E-state index in [2.05, 4.69) is 0 Å². The van der Waals surface area contributed by atoms with Crippen LogP contribution in [0.15, 0.2) is 53.4 Å². The molecule has 2 aromatic carbocycles. The van der Waals surface area contributed by atoms with Gasteiger partial charge in [-0.3, -0.25) is 9.59 Å². The van der Waals surface area contributed by atoms with Crippen LogP contribution < -0.4 is 5.73 Å². The number of hydrogen-bond donors (Lipinski definition) is 1. The van der Waals surface area contributed by atoms with E-state index in [1.165, 1.54) is 32.3 Å². The van der Waals surface area contributed by atoms with Crippen LogP contribution in [0.3, 0.4) is 0 Å². The minimum absolute atomic E-state index is 0.160. The third-order valence-electron chi connectivity index (χ3n) is 4.09. The van der Waals surface area contributed by atoms with Crippen LogP contribution in [0.4, 0.5) is 8.78 Å². The monoisotopic (exact) mass is 411 g/mol. The van der Waals surface area contributed by atoms with Crippen molar-refractivity contribution in [3.63, 3.8) is 0 Å². The molecule has 150 valence electrons. The first-order chi connectivity index (χ1) is 13.0. The summed E-state index contributed by atoms with van der Waals surface area (Å²) in [5, 5.41) is 0. The summed E-state index contributed by atoms with van der Waals surface area (Å²) in [7, 11) is -1.62. The van der Waals surface area contributed by atoms with Gasteiger partial charge in [0.25, 0.3) is 0 Å². The number of carbonyl (C=O) groups excluding carboxylic acids is 2. The summed E-state index contributed by atoms with van der Waals surface area (Å²) in [6.07, 6.45) is 0. The van der Waals surface area contributed by atoms with Crippen molar-refractivity contribution in [3.05, 3.63) is 65.7 Å². The van der Waals surface area contributed by atoms with E-state index >= 15 is 0 Å². The number of nitrogens with zero attached hydrogens (tertiary/aromatic N) is 2. The average molecular weight is 411 g/mol. The van der Waals surface area contributed by atoms with E-state index in [4.69, 9.17) is 5.73 Å². The predicted molar refractivity (Wildman–Crippen MR) is 97.3 cm³/mol. The number of amides is 2. The molecule has 0 spiro atoms. The standard InChI is InChI=1S/C18H19F2N3O4S/c1-22(28(26,27)15-8-6-13(19)7-9-15)11-16(24)23(2)17(18(21)25)12-4-3-5-14(20)10-12/h3-10,17H,11H2,1-2H3,(H2,21,25). The minimum Gasteiger partial charge on any atom is -0.368 e. The maximum atomic E-state index is 13.5. The number of carbonyl (C=O) groups is 2. The van der Waals surface area contributed by atoms with Crippen LogP contribution >= 0.6 is 0 Å². The Hall–Kier alpha value is -2.85. The Bertz CT molecular complexity index is 981. The van der Waals surface area contributed by atoms with E-state index in [-0.39, 0.29) is 10.5 Å². The van der Waals surface area contributed by atoms with Crippen LogP contribution in [0.5, 0.6) is 0 Å². The molecule has 2 N–H and O–H groups in total. The summed E-state index contributed by atoms with van der Waals surface area (Å²) >= 11 is 0. The van der Waals surface area contributed by atoms with E-state index in [0.29, 0.717) is 0 Å². The maximum Gasteiger partial charge on any atom is 0.244 e. The molecule has 0 aliphatic carbocycles. The molecule has 2 amide bonds. The second-order valence-electron chi connectivity index (χ2n) is 6.08. The van der Waals surface area contributed by atoms with Crippen LogP contribution in [0.2, 0.25) is 0 Å². The third-order valence-corrected chi connectivity index (χ3v) is 5.91. The van der Waals surface area contributed by atoms with Crippen molar-refractivity contribution in [1.29, 1.82) is 0 Å². The first kappa shape index (κ1) is 21.5.